The van der Waals surface area contributed by atoms with Gasteiger partial charge in [-0.25, -0.2) is 0 Å². The monoisotopic (exact) mass is 301 g/mol. The highest BCUT2D eigenvalue weighted by atomic mass is 79.9. The molecule has 0 unspecified atom stereocenters. The van der Waals surface area contributed by atoms with Crippen LogP contribution in [0.3, 0.4) is 0 Å². The van der Waals surface area contributed by atoms with Gasteiger partial charge in [-0.1, -0.05) is 34.1 Å². The first kappa shape index (κ1) is 12.7. The molecule has 0 atom stereocenters. The van der Waals surface area contributed by atoms with E-state index in [1.165, 1.54) is 5.56 Å². The molecule has 0 radical (unpaired) electrons. The summed E-state index contributed by atoms with van der Waals surface area (Å²) in [5.41, 5.74) is 2.82. The van der Waals surface area contributed by atoms with Crippen LogP contribution in [0.2, 0.25) is 0 Å². The van der Waals surface area contributed by atoms with Crippen molar-refractivity contribution in [2.45, 2.75) is 12.3 Å². The first-order valence-corrected chi connectivity index (χ1v) is 6.68. The van der Waals surface area contributed by atoms with Crippen molar-refractivity contribution in [1.82, 2.24) is 0 Å². The van der Waals surface area contributed by atoms with Crippen LogP contribution in [0.1, 0.15) is 16.7 Å². The number of hydrogen-bond acceptors (Lipinski definition) is 2. The summed E-state index contributed by atoms with van der Waals surface area (Å²) in [6.45, 7) is 1.96. The average Bonchev–Trinajstić information content (AvgIpc) is 2.42. The van der Waals surface area contributed by atoms with Crippen LogP contribution in [0.25, 0.3) is 0 Å². The van der Waals surface area contributed by atoms with Crippen LogP contribution in [0.15, 0.2) is 42.5 Å². The van der Waals surface area contributed by atoms with Crippen LogP contribution in [0.5, 0.6) is 11.5 Å². The molecule has 2 nitrogen and oxygen atoms in total. The molecule has 0 aliphatic carbocycles. The first-order valence-electron chi connectivity index (χ1n) is 5.56. The minimum absolute atomic E-state index is 0.604. The van der Waals surface area contributed by atoms with E-state index in [1.54, 1.807) is 12.1 Å². The lowest BCUT2D eigenvalue weighted by Gasteiger charge is -2.09. The molecule has 90 valence electrons. The molecule has 0 aromatic heterocycles. The number of halogens is 1. The number of nitriles is 1. The number of hydrogen-bond donors (Lipinski definition) is 0. The highest BCUT2D eigenvalue weighted by Gasteiger charge is 2.03. The zero-order valence-corrected chi connectivity index (χ0v) is 11.6. The zero-order chi connectivity index (χ0) is 13.0. The van der Waals surface area contributed by atoms with Gasteiger partial charge in [-0.3, -0.25) is 0 Å². The Labute approximate surface area is 115 Å². The lowest BCUT2D eigenvalue weighted by atomic mass is 10.1. The normalized spacial score (nSPS) is 9.83. The molecule has 0 saturated carbocycles. The Kier molecular flexibility index (Phi) is 4.01. The SMILES string of the molecule is Cc1ccc(C#N)cc1Oc1ccc(CBr)cc1. The molecule has 0 aliphatic rings. The van der Waals surface area contributed by atoms with E-state index in [2.05, 4.69) is 22.0 Å². The second-order valence-corrected chi connectivity index (χ2v) is 4.53. The smallest absolute Gasteiger partial charge is 0.131 e. The summed E-state index contributed by atoms with van der Waals surface area (Å²) in [5.74, 6) is 1.50. The maximum Gasteiger partial charge on any atom is 0.131 e. The van der Waals surface area contributed by atoms with Gasteiger partial charge in [0.1, 0.15) is 11.5 Å². The fourth-order valence-electron chi connectivity index (χ4n) is 1.55. The lowest BCUT2D eigenvalue weighted by Crippen LogP contribution is -1.89. The van der Waals surface area contributed by atoms with Gasteiger partial charge in [0.15, 0.2) is 0 Å². The van der Waals surface area contributed by atoms with Crippen molar-refractivity contribution in [2.75, 3.05) is 0 Å². The molecule has 0 aliphatic heterocycles. The van der Waals surface area contributed by atoms with E-state index >= 15 is 0 Å². The molecular weight excluding hydrogens is 290 g/mol. The molecule has 0 fully saturated rings. The molecule has 2 aromatic carbocycles. The second-order valence-electron chi connectivity index (χ2n) is 3.97. The summed E-state index contributed by atoms with van der Waals surface area (Å²) in [4.78, 5) is 0. The third kappa shape index (κ3) is 2.91. The van der Waals surface area contributed by atoms with Gasteiger partial charge in [0, 0.05) is 5.33 Å². The molecule has 0 N–H and O–H groups in total. The van der Waals surface area contributed by atoms with E-state index < -0.39 is 0 Å². The Morgan fingerprint density at radius 3 is 2.50 bits per heavy atom. The Hall–Kier alpha value is -1.79. The van der Waals surface area contributed by atoms with Crippen molar-refractivity contribution in [1.29, 1.82) is 5.26 Å². The van der Waals surface area contributed by atoms with Crippen LogP contribution in [0.4, 0.5) is 0 Å². The van der Waals surface area contributed by atoms with Crippen LogP contribution in [-0.2, 0) is 5.33 Å². The third-order valence-corrected chi connectivity index (χ3v) is 3.27. The first-order chi connectivity index (χ1) is 8.72. The van der Waals surface area contributed by atoms with Crippen molar-refractivity contribution in [2.24, 2.45) is 0 Å². The summed E-state index contributed by atoms with van der Waals surface area (Å²) in [7, 11) is 0. The van der Waals surface area contributed by atoms with Crippen LogP contribution >= 0.6 is 15.9 Å². The Morgan fingerprint density at radius 1 is 1.17 bits per heavy atom. The Balaban J connectivity index is 2.25. The number of benzene rings is 2. The largest absolute Gasteiger partial charge is 0.457 e. The third-order valence-electron chi connectivity index (χ3n) is 2.62. The van der Waals surface area contributed by atoms with E-state index in [9.17, 15) is 0 Å². The molecule has 0 heterocycles. The molecule has 2 rings (SSSR count). The zero-order valence-electron chi connectivity index (χ0n) is 9.98. The van der Waals surface area contributed by atoms with E-state index in [1.807, 2.05) is 37.3 Å². The van der Waals surface area contributed by atoms with E-state index in [4.69, 9.17) is 10.00 Å². The fraction of sp³-hybridized carbons (Fsp3) is 0.133. The fourth-order valence-corrected chi connectivity index (χ4v) is 1.93. The van der Waals surface area contributed by atoms with Crippen molar-refractivity contribution in [3.8, 4) is 17.6 Å². The Bertz CT molecular complexity index is 584. The van der Waals surface area contributed by atoms with Gasteiger partial charge >= 0.3 is 0 Å². The predicted octanol–water partition coefficient (Wildman–Crippen LogP) is 4.55. The number of nitrogens with zero attached hydrogens (tertiary/aromatic N) is 1. The molecule has 3 heteroatoms. The van der Waals surface area contributed by atoms with Crippen LogP contribution in [-0.4, -0.2) is 0 Å². The van der Waals surface area contributed by atoms with Crippen molar-refractivity contribution < 1.29 is 4.74 Å². The number of aryl methyl sites for hydroxylation is 1. The van der Waals surface area contributed by atoms with Gasteiger partial charge in [0.25, 0.3) is 0 Å². The highest BCUT2D eigenvalue weighted by Crippen LogP contribution is 2.26. The number of ether oxygens (including phenoxy) is 1. The standard InChI is InChI=1S/C15H12BrNO/c1-11-2-3-13(10-17)8-15(11)18-14-6-4-12(9-16)5-7-14/h2-8H,9H2,1H3. The van der Waals surface area contributed by atoms with Gasteiger partial charge in [-0.05, 0) is 42.3 Å². The lowest BCUT2D eigenvalue weighted by molar-refractivity contribution is 0.478. The minimum atomic E-state index is 0.604. The number of alkyl halides is 1. The summed E-state index contributed by atoms with van der Waals surface area (Å²) in [6.07, 6.45) is 0. The van der Waals surface area contributed by atoms with Crippen molar-refractivity contribution in [3.05, 3.63) is 59.2 Å². The highest BCUT2D eigenvalue weighted by molar-refractivity contribution is 9.08. The summed E-state index contributed by atoms with van der Waals surface area (Å²) < 4.78 is 5.78. The van der Waals surface area contributed by atoms with Gasteiger partial charge in [0.2, 0.25) is 0 Å². The molecule has 18 heavy (non-hydrogen) atoms. The summed E-state index contributed by atoms with van der Waals surface area (Å²) >= 11 is 3.40. The van der Waals surface area contributed by atoms with Gasteiger partial charge in [-0.15, -0.1) is 0 Å². The molecule has 0 amide bonds. The molecular formula is C15H12BrNO. The van der Waals surface area contributed by atoms with E-state index in [-0.39, 0.29) is 0 Å². The van der Waals surface area contributed by atoms with Gasteiger partial charge in [-0.2, -0.15) is 5.26 Å². The van der Waals surface area contributed by atoms with Crippen LogP contribution in [0, 0.1) is 18.3 Å². The van der Waals surface area contributed by atoms with Crippen molar-refractivity contribution in [3.63, 3.8) is 0 Å². The van der Waals surface area contributed by atoms with E-state index in [0.29, 0.717) is 5.56 Å². The molecule has 0 spiro atoms. The van der Waals surface area contributed by atoms with Crippen LogP contribution < -0.4 is 4.74 Å². The molecule has 2 aromatic rings. The molecule has 0 saturated heterocycles. The topological polar surface area (TPSA) is 33.0 Å². The Morgan fingerprint density at radius 2 is 1.89 bits per heavy atom. The minimum Gasteiger partial charge on any atom is -0.457 e. The van der Waals surface area contributed by atoms with Gasteiger partial charge < -0.3 is 4.74 Å². The van der Waals surface area contributed by atoms with E-state index in [0.717, 1.165) is 22.4 Å². The predicted molar refractivity (Wildman–Crippen MR) is 75.0 cm³/mol. The number of rotatable bonds is 3. The van der Waals surface area contributed by atoms with Gasteiger partial charge in [0.05, 0.1) is 11.6 Å². The second kappa shape index (κ2) is 5.70. The average molecular weight is 302 g/mol. The summed E-state index contributed by atoms with van der Waals surface area (Å²) in [5, 5.41) is 9.71. The molecule has 0 bridgehead atoms. The maximum absolute atomic E-state index is 8.88. The van der Waals surface area contributed by atoms with Crippen molar-refractivity contribution >= 4 is 15.9 Å². The maximum atomic E-state index is 8.88. The summed E-state index contributed by atoms with van der Waals surface area (Å²) in [6, 6.07) is 15.4. The quantitative estimate of drug-likeness (QED) is 0.779.